The monoisotopic (exact) mass is 238 g/mol. The topological polar surface area (TPSA) is 69.6 Å². The van der Waals surface area contributed by atoms with Gasteiger partial charge in [-0.05, 0) is 32.1 Å². The van der Waals surface area contributed by atoms with Gasteiger partial charge in [0.1, 0.15) is 6.04 Å². The van der Waals surface area contributed by atoms with Crippen LogP contribution in [0.15, 0.2) is 0 Å². The Morgan fingerprint density at radius 3 is 2.41 bits per heavy atom. The average Bonchev–Trinajstić information content (AvgIpc) is 2.81. The van der Waals surface area contributed by atoms with E-state index in [-0.39, 0.29) is 36.0 Å². The zero-order valence-electron chi connectivity index (χ0n) is 9.76. The fraction of sp³-hybridized carbons (Fsp3) is 0.833. The van der Waals surface area contributed by atoms with Crippen LogP contribution in [0.5, 0.6) is 0 Å². The first-order chi connectivity index (χ1) is 8.15. The largest absolute Gasteiger partial charge is 0.393 e. The molecule has 0 aromatic rings. The molecule has 2 bridgehead atoms. The molecule has 3 rings (SSSR count). The van der Waals surface area contributed by atoms with Crippen molar-refractivity contribution < 1.29 is 14.7 Å². The van der Waals surface area contributed by atoms with Crippen molar-refractivity contribution >= 4 is 11.8 Å². The van der Waals surface area contributed by atoms with Crippen LogP contribution in [0.1, 0.15) is 38.5 Å². The van der Waals surface area contributed by atoms with E-state index in [1.165, 1.54) is 0 Å². The van der Waals surface area contributed by atoms with Gasteiger partial charge in [0.05, 0.1) is 6.10 Å². The van der Waals surface area contributed by atoms with Gasteiger partial charge in [0.15, 0.2) is 0 Å². The van der Waals surface area contributed by atoms with E-state index in [1.807, 2.05) is 4.90 Å². The molecule has 17 heavy (non-hydrogen) atoms. The smallest absolute Gasteiger partial charge is 0.245 e. The third-order valence-corrected chi connectivity index (χ3v) is 4.26. The lowest BCUT2D eigenvalue weighted by molar-refractivity contribution is -0.140. The molecule has 5 nitrogen and oxygen atoms in total. The van der Waals surface area contributed by atoms with Crippen molar-refractivity contribution in [1.29, 1.82) is 0 Å². The number of aliphatic hydroxyl groups excluding tert-OH is 1. The molecule has 0 radical (unpaired) electrons. The van der Waals surface area contributed by atoms with E-state index in [1.54, 1.807) is 0 Å². The van der Waals surface area contributed by atoms with E-state index < -0.39 is 0 Å². The van der Waals surface area contributed by atoms with E-state index >= 15 is 0 Å². The van der Waals surface area contributed by atoms with E-state index in [0.717, 1.165) is 12.8 Å². The highest BCUT2D eigenvalue weighted by atomic mass is 16.3. The summed E-state index contributed by atoms with van der Waals surface area (Å²) in [6, 6.07) is 0.0587. The Balaban J connectivity index is 1.72. The number of carbonyl (C=O) groups is 2. The molecule has 94 valence electrons. The predicted octanol–water partition coefficient (Wildman–Crippen LogP) is -0.221. The van der Waals surface area contributed by atoms with Gasteiger partial charge in [0.2, 0.25) is 11.8 Å². The standard InChI is InChI=1S/C12H18N2O3/c15-9-5-7-1-2-8(6-9)14(7)12(17)10-3-4-11(16)13-10/h7-10,15H,1-6H2,(H,13,16)/t7?,8?,9?,10-/m1/s1. The molecule has 3 heterocycles. The summed E-state index contributed by atoms with van der Waals surface area (Å²) in [5.41, 5.74) is 0. The van der Waals surface area contributed by atoms with Crippen LogP contribution in [0, 0.1) is 0 Å². The van der Waals surface area contributed by atoms with Crippen molar-refractivity contribution in [3.8, 4) is 0 Å². The minimum Gasteiger partial charge on any atom is -0.393 e. The van der Waals surface area contributed by atoms with Crippen LogP contribution in [0.3, 0.4) is 0 Å². The van der Waals surface area contributed by atoms with Gasteiger partial charge >= 0.3 is 0 Å². The lowest BCUT2D eigenvalue weighted by atomic mass is 9.98. The molecule has 3 saturated heterocycles. The molecule has 5 heteroatoms. The molecule has 0 aliphatic carbocycles. The Hall–Kier alpha value is -1.10. The molecule has 3 atom stereocenters. The molecule has 3 fully saturated rings. The van der Waals surface area contributed by atoms with Crippen LogP contribution in [0.25, 0.3) is 0 Å². The molecular formula is C12H18N2O3. The number of amides is 2. The van der Waals surface area contributed by atoms with Crippen molar-refractivity contribution in [1.82, 2.24) is 10.2 Å². The normalized spacial score (nSPS) is 40.5. The van der Waals surface area contributed by atoms with Crippen LogP contribution in [-0.2, 0) is 9.59 Å². The summed E-state index contributed by atoms with van der Waals surface area (Å²) < 4.78 is 0. The van der Waals surface area contributed by atoms with Crippen molar-refractivity contribution in [2.45, 2.75) is 62.8 Å². The Labute approximate surface area is 100 Å². The number of piperidine rings is 1. The quantitative estimate of drug-likeness (QED) is 0.663. The maximum Gasteiger partial charge on any atom is 0.245 e. The first-order valence-electron chi connectivity index (χ1n) is 6.45. The summed E-state index contributed by atoms with van der Waals surface area (Å²) in [7, 11) is 0. The van der Waals surface area contributed by atoms with Gasteiger partial charge in [-0.3, -0.25) is 9.59 Å². The fourth-order valence-corrected chi connectivity index (χ4v) is 3.49. The molecule has 2 unspecified atom stereocenters. The van der Waals surface area contributed by atoms with Crippen LogP contribution < -0.4 is 5.32 Å². The summed E-state index contributed by atoms with van der Waals surface area (Å²) in [4.78, 5) is 25.4. The third kappa shape index (κ3) is 1.82. The predicted molar refractivity (Wildman–Crippen MR) is 60.1 cm³/mol. The summed E-state index contributed by atoms with van der Waals surface area (Å²) in [5, 5.41) is 12.4. The van der Waals surface area contributed by atoms with Gasteiger partial charge in [-0.15, -0.1) is 0 Å². The van der Waals surface area contributed by atoms with Crippen molar-refractivity contribution in [3.05, 3.63) is 0 Å². The number of fused-ring (bicyclic) bond motifs is 2. The molecule has 2 amide bonds. The summed E-state index contributed by atoms with van der Waals surface area (Å²) >= 11 is 0. The zero-order chi connectivity index (χ0) is 12.0. The molecule has 0 aromatic carbocycles. The molecule has 0 spiro atoms. The van der Waals surface area contributed by atoms with Crippen molar-refractivity contribution in [3.63, 3.8) is 0 Å². The van der Waals surface area contributed by atoms with E-state index in [4.69, 9.17) is 0 Å². The third-order valence-electron chi connectivity index (χ3n) is 4.26. The van der Waals surface area contributed by atoms with Crippen LogP contribution >= 0.6 is 0 Å². The minimum absolute atomic E-state index is 0.0206. The molecule has 2 N–H and O–H groups in total. The lowest BCUT2D eigenvalue weighted by Gasteiger charge is -2.38. The van der Waals surface area contributed by atoms with Gasteiger partial charge < -0.3 is 15.3 Å². The first-order valence-corrected chi connectivity index (χ1v) is 6.45. The second kappa shape index (κ2) is 3.98. The number of carbonyl (C=O) groups excluding carboxylic acids is 2. The Bertz CT molecular complexity index is 344. The summed E-state index contributed by atoms with van der Waals surface area (Å²) in [6.45, 7) is 0. The molecule has 3 aliphatic heterocycles. The van der Waals surface area contributed by atoms with Crippen LogP contribution in [0.2, 0.25) is 0 Å². The first kappa shape index (κ1) is 11.0. The highest BCUT2D eigenvalue weighted by Gasteiger charge is 2.45. The SMILES string of the molecule is O=C1CC[C@H](C(=O)N2C3CCC2CC(O)C3)N1. The maximum atomic E-state index is 12.3. The van der Waals surface area contributed by atoms with Gasteiger partial charge in [-0.25, -0.2) is 0 Å². The number of aliphatic hydroxyl groups is 1. The number of nitrogens with zero attached hydrogens (tertiary/aromatic N) is 1. The minimum atomic E-state index is -0.319. The molecule has 3 aliphatic rings. The van der Waals surface area contributed by atoms with Gasteiger partial charge in [0.25, 0.3) is 0 Å². The number of nitrogens with one attached hydrogen (secondary N) is 1. The maximum absolute atomic E-state index is 12.3. The highest BCUT2D eigenvalue weighted by molar-refractivity contribution is 5.91. The average molecular weight is 238 g/mol. The van der Waals surface area contributed by atoms with Gasteiger partial charge in [0, 0.05) is 18.5 Å². The fourth-order valence-electron chi connectivity index (χ4n) is 3.49. The zero-order valence-corrected chi connectivity index (χ0v) is 9.76. The number of hydrogen-bond acceptors (Lipinski definition) is 3. The molecule has 0 aromatic heterocycles. The summed E-state index contributed by atoms with van der Waals surface area (Å²) in [5.74, 6) is 0.0444. The Kier molecular flexibility index (Phi) is 2.58. The van der Waals surface area contributed by atoms with Crippen molar-refractivity contribution in [2.75, 3.05) is 0 Å². The van der Waals surface area contributed by atoms with E-state index in [2.05, 4.69) is 5.32 Å². The van der Waals surface area contributed by atoms with E-state index in [0.29, 0.717) is 25.7 Å². The van der Waals surface area contributed by atoms with Gasteiger partial charge in [-0.2, -0.15) is 0 Å². The molecule has 0 saturated carbocycles. The lowest BCUT2D eigenvalue weighted by Crippen LogP contribution is -2.53. The number of hydrogen-bond donors (Lipinski definition) is 2. The summed E-state index contributed by atoms with van der Waals surface area (Å²) in [6.07, 6.45) is 4.21. The Morgan fingerprint density at radius 2 is 1.88 bits per heavy atom. The van der Waals surface area contributed by atoms with Crippen LogP contribution in [0.4, 0.5) is 0 Å². The molecular weight excluding hydrogens is 220 g/mol. The highest BCUT2D eigenvalue weighted by Crippen LogP contribution is 2.36. The second-order valence-electron chi connectivity index (χ2n) is 5.41. The van der Waals surface area contributed by atoms with Crippen LogP contribution in [-0.4, -0.2) is 46.1 Å². The van der Waals surface area contributed by atoms with E-state index in [9.17, 15) is 14.7 Å². The second-order valence-corrected chi connectivity index (χ2v) is 5.41. The number of rotatable bonds is 1. The Morgan fingerprint density at radius 1 is 1.24 bits per heavy atom. The van der Waals surface area contributed by atoms with Gasteiger partial charge in [-0.1, -0.05) is 0 Å². The van der Waals surface area contributed by atoms with Crippen molar-refractivity contribution in [2.24, 2.45) is 0 Å².